The Morgan fingerprint density at radius 2 is 1.72 bits per heavy atom. The van der Waals surface area contributed by atoms with Gasteiger partial charge >= 0.3 is 12.0 Å². The van der Waals surface area contributed by atoms with Crippen molar-refractivity contribution in [2.75, 3.05) is 20.2 Å². The van der Waals surface area contributed by atoms with Crippen molar-refractivity contribution in [3.05, 3.63) is 0 Å². The molecule has 0 bridgehead atoms. The second-order valence-electron chi connectivity index (χ2n) is 4.77. The molecule has 2 atom stereocenters. The lowest BCUT2D eigenvalue weighted by molar-refractivity contribution is -0.139. The van der Waals surface area contributed by atoms with Gasteiger partial charge in [-0.15, -0.1) is 0 Å². The van der Waals surface area contributed by atoms with Crippen LogP contribution in [0.5, 0.6) is 0 Å². The van der Waals surface area contributed by atoms with Crippen LogP contribution >= 0.6 is 0 Å². The summed E-state index contributed by atoms with van der Waals surface area (Å²) < 4.78 is 4.95. The number of carboxylic acid groups (broad SMARTS) is 1. The molecule has 0 fully saturated rings. The molecule has 0 aromatic rings. The number of aliphatic carboxylic acids is 1. The van der Waals surface area contributed by atoms with Gasteiger partial charge in [-0.05, 0) is 11.8 Å². The Bertz CT molecular complexity index is 269. The zero-order valence-electron chi connectivity index (χ0n) is 11.5. The van der Waals surface area contributed by atoms with Crippen molar-refractivity contribution in [2.24, 2.45) is 11.8 Å². The summed E-state index contributed by atoms with van der Waals surface area (Å²) in [5.74, 6) is -0.0467. The van der Waals surface area contributed by atoms with Crippen LogP contribution in [0.15, 0.2) is 0 Å². The number of carbonyl (C=O) groups is 2. The van der Waals surface area contributed by atoms with Gasteiger partial charge in [-0.25, -0.2) is 4.79 Å². The standard InChI is InChI=1S/C12H24N2O4/c1-8(2)9(3)6-13-12(17)14-7-10(18-4)5-11(15)16/h8-10H,5-7H2,1-4H3,(H,15,16)(H2,13,14,17). The molecule has 0 saturated heterocycles. The molecule has 0 radical (unpaired) electrons. The van der Waals surface area contributed by atoms with Gasteiger partial charge in [-0.1, -0.05) is 20.8 Å². The van der Waals surface area contributed by atoms with Gasteiger partial charge in [-0.3, -0.25) is 4.79 Å². The summed E-state index contributed by atoms with van der Waals surface area (Å²) in [4.78, 5) is 21.9. The fourth-order valence-electron chi connectivity index (χ4n) is 1.19. The number of methoxy groups -OCH3 is 1. The summed E-state index contributed by atoms with van der Waals surface area (Å²) in [6.45, 7) is 7.04. The Hall–Kier alpha value is -1.30. The fraction of sp³-hybridized carbons (Fsp3) is 0.833. The summed E-state index contributed by atoms with van der Waals surface area (Å²) in [5, 5.41) is 13.9. The number of amides is 2. The van der Waals surface area contributed by atoms with E-state index in [0.717, 1.165) is 0 Å². The first-order valence-electron chi connectivity index (χ1n) is 6.13. The third-order valence-corrected chi connectivity index (χ3v) is 2.95. The number of hydrogen-bond acceptors (Lipinski definition) is 3. The third kappa shape index (κ3) is 7.89. The number of carboxylic acids is 1. The van der Waals surface area contributed by atoms with E-state index in [1.165, 1.54) is 7.11 Å². The lowest BCUT2D eigenvalue weighted by Gasteiger charge is -2.18. The molecule has 0 aliphatic carbocycles. The Morgan fingerprint density at radius 3 is 2.17 bits per heavy atom. The Kier molecular flexibility index (Phi) is 8.11. The summed E-state index contributed by atoms with van der Waals surface area (Å²) in [7, 11) is 1.42. The van der Waals surface area contributed by atoms with Gasteiger partial charge in [0, 0.05) is 20.2 Å². The van der Waals surface area contributed by atoms with Crippen LogP contribution in [0.4, 0.5) is 4.79 Å². The van der Waals surface area contributed by atoms with E-state index in [0.29, 0.717) is 18.4 Å². The van der Waals surface area contributed by atoms with E-state index in [2.05, 4.69) is 31.4 Å². The summed E-state index contributed by atoms with van der Waals surface area (Å²) >= 11 is 0. The van der Waals surface area contributed by atoms with Crippen LogP contribution in [0.3, 0.4) is 0 Å². The second kappa shape index (κ2) is 8.74. The number of carbonyl (C=O) groups excluding carboxylic acids is 1. The van der Waals surface area contributed by atoms with Crippen LogP contribution in [0.25, 0.3) is 0 Å². The Labute approximate surface area is 108 Å². The summed E-state index contributed by atoms with van der Waals surface area (Å²) in [6.07, 6.45) is -0.630. The minimum atomic E-state index is -0.947. The van der Waals surface area contributed by atoms with Gasteiger partial charge in [0.25, 0.3) is 0 Å². The smallest absolute Gasteiger partial charge is 0.314 e. The molecule has 0 aliphatic heterocycles. The van der Waals surface area contributed by atoms with E-state index >= 15 is 0 Å². The van der Waals surface area contributed by atoms with Gasteiger partial charge in [-0.2, -0.15) is 0 Å². The van der Waals surface area contributed by atoms with Gasteiger partial charge in [0.05, 0.1) is 12.5 Å². The van der Waals surface area contributed by atoms with Crippen molar-refractivity contribution >= 4 is 12.0 Å². The second-order valence-corrected chi connectivity index (χ2v) is 4.77. The summed E-state index contributed by atoms with van der Waals surface area (Å²) in [5.41, 5.74) is 0. The lowest BCUT2D eigenvalue weighted by Crippen LogP contribution is -2.42. The monoisotopic (exact) mass is 260 g/mol. The molecule has 106 valence electrons. The van der Waals surface area contributed by atoms with E-state index in [4.69, 9.17) is 9.84 Å². The number of nitrogens with one attached hydrogen (secondary N) is 2. The maximum Gasteiger partial charge on any atom is 0.314 e. The molecular formula is C12H24N2O4. The van der Waals surface area contributed by atoms with Gasteiger partial charge in [0.2, 0.25) is 0 Å². The third-order valence-electron chi connectivity index (χ3n) is 2.95. The summed E-state index contributed by atoms with van der Waals surface area (Å²) in [6, 6.07) is -0.296. The Morgan fingerprint density at radius 1 is 1.17 bits per heavy atom. The minimum Gasteiger partial charge on any atom is -0.481 e. The van der Waals surface area contributed by atoms with Crippen molar-refractivity contribution in [3.8, 4) is 0 Å². The molecule has 0 aromatic heterocycles. The molecule has 0 saturated carbocycles. The van der Waals surface area contributed by atoms with E-state index < -0.39 is 12.1 Å². The number of rotatable bonds is 8. The molecular weight excluding hydrogens is 236 g/mol. The molecule has 6 heteroatoms. The average molecular weight is 260 g/mol. The topological polar surface area (TPSA) is 87.7 Å². The van der Waals surface area contributed by atoms with E-state index in [1.54, 1.807) is 0 Å². The van der Waals surface area contributed by atoms with Crippen LogP contribution in [0.2, 0.25) is 0 Å². The van der Waals surface area contributed by atoms with Crippen molar-refractivity contribution in [1.29, 1.82) is 0 Å². The molecule has 3 N–H and O–H groups in total. The van der Waals surface area contributed by atoms with Crippen LogP contribution < -0.4 is 10.6 Å². The first kappa shape index (κ1) is 16.7. The molecule has 0 aliphatic rings. The molecule has 2 unspecified atom stereocenters. The zero-order valence-corrected chi connectivity index (χ0v) is 11.5. The van der Waals surface area contributed by atoms with Crippen molar-refractivity contribution < 1.29 is 19.4 Å². The highest BCUT2D eigenvalue weighted by molar-refractivity contribution is 5.74. The fourth-order valence-corrected chi connectivity index (χ4v) is 1.19. The van der Waals surface area contributed by atoms with Gasteiger partial charge in [0.1, 0.15) is 0 Å². The van der Waals surface area contributed by atoms with Crippen LogP contribution in [0.1, 0.15) is 27.2 Å². The van der Waals surface area contributed by atoms with Crippen molar-refractivity contribution in [3.63, 3.8) is 0 Å². The highest BCUT2D eigenvalue weighted by atomic mass is 16.5. The maximum atomic E-state index is 11.5. The Balaban J connectivity index is 3.84. The molecule has 2 amide bonds. The van der Waals surface area contributed by atoms with Crippen molar-refractivity contribution in [2.45, 2.75) is 33.3 Å². The molecule has 0 rings (SSSR count). The van der Waals surface area contributed by atoms with E-state index in [-0.39, 0.29) is 19.0 Å². The molecule has 6 nitrogen and oxygen atoms in total. The number of urea groups is 1. The minimum absolute atomic E-state index is 0.126. The first-order valence-corrected chi connectivity index (χ1v) is 6.13. The predicted molar refractivity (Wildman–Crippen MR) is 68.5 cm³/mol. The largest absolute Gasteiger partial charge is 0.481 e. The number of ether oxygens (including phenoxy) is 1. The normalized spacial score (nSPS) is 14.1. The quantitative estimate of drug-likeness (QED) is 0.609. The van der Waals surface area contributed by atoms with Gasteiger partial charge in [0.15, 0.2) is 0 Å². The lowest BCUT2D eigenvalue weighted by atomic mass is 9.98. The van der Waals surface area contributed by atoms with Crippen LogP contribution in [0, 0.1) is 11.8 Å². The highest BCUT2D eigenvalue weighted by Crippen LogP contribution is 2.07. The highest BCUT2D eigenvalue weighted by Gasteiger charge is 2.14. The van der Waals surface area contributed by atoms with Crippen molar-refractivity contribution in [1.82, 2.24) is 10.6 Å². The first-order chi connectivity index (χ1) is 8.36. The molecule has 0 spiro atoms. The SMILES string of the molecule is COC(CNC(=O)NCC(C)C(C)C)CC(=O)O. The zero-order chi connectivity index (χ0) is 14.1. The van der Waals surface area contributed by atoms with Gasteiger partial charge < -0.3 is 20.5 Å². The van der Waals surface area contributed by atoms with Crippen LogP contribution in [-0.4, -0.2) is 43.4 Å². The molecule has 0 heterocycles. The van der Waals surface area contributed by atoms with E-state index in [1.807, 2.05) is 0 Å². The average Bonchev–Trinajstić information content (AvgIpc) is 2.30. The molecule has 0 aromatic carbocycles. The van der Waals surface area contributed by atoms with E-state index in [9.17, 15) is 9.59 Å². The maximum absolute atomic E-state index is 11.5. The molecule has 18 heavy (non-hydrogen) atoms. The van der Waals surface area contributed by atoms with Crippen LogP contribution in [-0.2, 0) is 9.53 Å². The number of hydrogen-bond donors (Lipinski definition) is 3. The predicted octanol–water partition coefficient (Wildman–Crippen LogP) is 1.07.